The number of nitrogens with zero attached hydrogens (tertiary/aromatic N) is 1. The van der Waals surface area contributed by atoms with Crippen LogP contribution >= 0.6 is 0 Å². The van der Waals surface area contributed by atoms with Gasteiger partial charge in [0.05, 0.1) is 37.6 Å². The van der Waals surface area contributed by atoms with E-state index < -0.39 is 41.5 Å². The highest BCUT2D eigenvalue weighted by molar-refractivity contribution is 6.39. The van der Waals surface area contributed by atoms with E-state index in [0.717, 1.165) is 62.5 Å². The second kappa shape index (κ2) is 31.4. The molecule has 404 valence electrons. The highest BCUT2D eigenvalue weighted by Gasteiger charge is 2.50. The van der Waals surface area contributed by atoms with E-state index in [1.54, 1.807) is 21.1 Å². The van der Waals surface area contributed by atoms with Gasteiger partial charge in [-0.15, -0.1) is 0 Å². The molecule has 0 aromatic rings. The Bertz CT molecular complexity index is 1800. The highest BCUT2D eigenvalue weighted by Crippen LogP contribution is 2.38. The summed E-state index contributed by atoms with van der Waals surface area (Å²) in [5, 5.41) is 9.69. The number of hydrogen-bond donors (Lipinski definition) is 1. The molecule has 2 saturated heterocycles. The third-order valence-corrected chi connectivity index (χ3v) is 15.3. The van der Waals surface area contributed by atoms with Gasteiger partial charge in [-0.25, -0.2) is 4.79 Å². The second-order valence-electron chi connectivity index (χ2n) is 21.7. The Morgan fingerprint density at radius 3 is 2.27 bits per heavy atom. The predicted molar refractivity (Wildman–Crippen MR) is 279 cm³/mol. The van der Waals surface area contributed by atoms with E-state index in [-0.39, 0.29) is 66.2 Å². The van der Waals surface area contributed by atoms with Gasteiger partial charge in [0.15, 0.2) is 5.78 Å². The fourth-order valence-corrected chi connectivity index (χ4v) is 10.8. The SMILES string of the molecule is CCOCCO[C@@H]1CC[C@@H](C[C@@H](C)CCC(=O)[C@H](C)/C=C(\C)[C@@H](OC(C)C)[C@@H](OC)C(=O)[C@H](C)C[C@H](C)/C=C/C=C/C=C(\C)CC[C@@H]2CC[C@@H](C)[C@](C)(C(=O)C(=O)N3CCCC[C@H]3C(=O)O)O2)C[C@H]1OC. The number of aliphatic carboxylic acids is 1. The van der Waals surface area contributed by atoms with Gasteiger partial charge in [-0.2, -0.15) is 0 Å². The average molecular weight is 998 g/mol. The van der Waals surface area contributed by atoms with Gasteiger partial charge < -0.3 is 38.4 Å². The number of carboxylic acid groups (broad SMARTS) is 1. The van der Waals surface area contributed by atoms with Crippen LogP contribution in [0.1, 0.15) is 166 Å². The first-order chi connectivity index (χ1) is 33.7. The molecular weight excluding hydrogens is 903 g/mol. The van der Waals surface area contributed by atoms with E-state index in [9.17, 15) is 29.1 Å². The second-order valence-corrected chi connectivity index (χ2v) is 21.7. The Hall–Kier alpha value is -3.33. The maximum absolute atomic E-state index is 14.0. The Balaban J connectivity index is 1.49. The highest BCUT2D eigenvalue weighted by atomic mass is 16.6. The summed E-state index contributed by atoms with van der Waals surface area (Å²) < 4.78 is 36.0. The maximum Gasteiger partial charge on any atom is 0.326 e. The monoisotopic (exact) mass is 998 g/mol. The van der Waals surface area contributed by atoms with Gasteiger partial charge in [0.25, 0.3) is 11.7 Å². The first-order valence-corrected chi connectivity index (χ1v) is 27.1. The number of hydrogen-bond acceptors (Lipinski definition) is 11. The van der Waals surface area contributed by atoms with E-state index in [0.29, 0.717) is 70.2 Å². The third kappa shape index (κ3) is 19.8. The molecular formula is C58H95NO12. The number of methoxy groups -OCH3 is 2. The molecule has 0 spiro atoms. The summed E-state index contributed by atoms with van der Waals surface area (Å²) in [6, 6.07) is -0.976. The Kier molecular flexibility index (Phi) is 27.4. The van der Waals surface area contributed by atoms with Crippen molar-refractivity contribution in [3.8, 4) is 0 Å². The molecule has 13 heteroatoms. The lowest BCUT2D eigenvalue weighted by molar-refractivity contribution is -0.181. The number of rotatable bonds is 31. The maximum atomic E-state index is 14.0. The van der Waals surface area contributed by atoms with Gasteiger partial charge in [0.1, 0.15) is 29.6 Å². The van der Waals surface area contributed by atoms with Gasteiger partial charge in [0.2, 0.25) is 0 Å². The Morgan fingerprint density at radius 1 is 0.873 bits per heavy atom. The minimum atomic E-state index is -1.30. The number of Topliss-reactive ketones (excluding diaryl/α,β-unsaturated/α-hetero) is 3. The summed E-state index contributed by atoms with van der Waals surface area (Å²) in [6.45, 7) is 23.8. The molecule has 1 saturated carbocycles. The number of piperidine rings is 1. The van der Waals surface area contributed by atoms with E-state index in [4.69, 9.17) is 28.4 Å². The topological polar surface area (TPSA) is 164 Å². The molecule has 71 heavy (non-hydrogen) atoms. The van der Waals surface area contributed by atoms with E-state index in [2.05, 4.69) is 32.9 Å². The average Bonchev–Trinajstić information content (AvgIpc) is 3.34. The molecule has 13 atom stereocenters. The largest absolute Gasteiger partial charge is 0.480 e. The predicted octanol–water partition coefficient (Wildman–Crippen LogP) is 10.7. The molecule has 2 heterocycles. The van der Waals surface area contributed by atoms with Crippen molar-refractivity contribution < 1.29 is 57.5 Å². The smallest absolute Gasteiger partial charge is 0.326 e. The minimum Gasteiger partial charge on any atom is -0.480 e. The number of amides is 1. The van der Waals surface area contributed by atoms with Crippen molar-refractivity contribution in [2.24, 2.45) is 35.5 Å². The molecule has 0 radical (unpaired) electrons. The van der Waals surface area contributed by atoms with Crippen LogP contribution in [-0.4, -0.2) is 128 Å². The molecule has 1 amide bonds. The summed E-state index contributed by atoms with van der Waals surface area (Å²) in [6.07, 6.45) is 21.2. The number of carbonyl (C=O) groups is 5. The van der Waals surface area contributed by atoms with Crippen molar-refractivity contribution in [2.45, 2.75) is 214 Å². The lowest BCUT2D eigenvalue weighted by atomic mass is 9.78. The minimum absolute atomic E-state index is 0.0311. The zero-order chi connectivity index (χ0) is 52.8. The first-order valence-electron chi connectivity index (χ1n) is 27.1. The van der Waals surface area contributed by atoms with Crippen LogP contribution in [0.15, 0.2) is 47.6 Å². The molecule has 2 aliphatic heterocycles. The number of carboxylic acids is 1. The van der Waals surface area contributed by atoms with Gasteiger partial charge in [-0.3, -0.25) is 19.2 Å². The zero-order valence-electron chi connectivity index (χ0n) is 46.1. The zero-order valence-corrected chi connectivity index (χ0v) is 46.1. The van der Waals surface area contributed by atoms with Gasteiger partial charge in [-0.05, 0) is 154 Å². The van der Waals surface area contributed by atoms with Crippen molar-refractivity contribution in [1.82, 2.24) is 4.90 Å². The van der Waals surface area contributed by atoms with Gasteiger partial charge >= 0.3 is 5.97 Å². The lowest BCUT2D eigenvalue weighted by Crippen LogP contribution is -2.59. The molecule has 1 aliphatic carbocycles. The number of ether oxygens (including phenoxy) is 6. The quantitative estimate of drug-likeness (QED) is 0.0303. The molecule has 0 aromatic carbocycles. The standard InChI is InChI=1S/C58H95NO12/c1-14-68-32-33-69-50-30-26-46(37-51(50)66-12)35-41(6)24-29-49(60)42(7)36-44(9)53(70-38(2)3)54(67-13)52(61)43(8)34-40(5)21-17-15-16-20-39(4)23-27-47-28-25-45(10)58(11,71-47)55(62)56(63)59-31-19-18-22-48(59)57(64)65/h15-17,20-21,36,38,40-43,45-48,50-51,53-54H,14,18-19,22-35,37H2,1-13H3,(H,64,65)/b16-15+,21-17+,39-20+,44-36+/t40-,41+,42-,43-,45-,46+,47-,48+,50-,51-,53-,54+,58-/m1/s1. The molecule has 1 N–H and O–H groups in total. The van der Waals surface area contributed by atoms with Crippen LogP contribution < -0.4 is 0 Å². The molecule has 0 bridgehead atoms. The van der Waals surface area contributed by atoms with Crippen molar-refractivity contribution >= 4 is 29.2 Å². The van der Waals surface area contributed by atoms with Crippen molar-refractivity contribution in [3.63, 3.8) is 0 Å². The van der Waals surface area contributed by atoms with Gasteiger partial charge in [0, 0.05) is 45.6 Å². The van der Waals surface area contributed by atoms with Crippen molar-refractivity contribution in [3.05, 3.63) is 47.6 Å². The summed E-state index contributed by atoms with van der Waals surface area (Å²) in [5.41, 5.74) is 0.662. The Morgan fingerprint density at radius 2 is 1.61 bits per heavy atom. The van der Waals surface area contributed by atoms with Crippen LogP contribution in [0.25, 0.3) is 0 Å². The van der Waals surface area contributed by atoms with E-state index in [1.165, 1.54) is 4.90 Å². The number of ketones is 3. The van der Waals surface area contributed by atoms with Crippen LogP contribution in [0.3, 0.4) is 0 Å². The van der Waals surface area contributed by atoms with Crippen molar-refractivity contribution in [2.75, 3.05) is 40.6 Å². The third-order valence-electron chi connectivity index (χ3n) is 15.3. The van der Waals surface area contributed by atoms with Crippen LogP contribution in [0, 0.1) is 35.5 Å². The molecule has 0 unspecified atom stereocenters. The first kappa shape index (κ1) is 62.0. The summed E-state index contributed by atoms with van der Waals surface area (Å²) in [5.74, 6) is -2.07. The number of carbonyl (C=O) groups excluding carboxylic acids is 4. The molecule has 0 aromatic heterocycles. The van der Waals surface area contributed by atoms with Crippen LogP contribution in [-0.2, 0) is 52.4 Å². The normalized spacial score (nSPS) is 27.4. The van der Waals surface area contributed by atoms with Crippen LogP contribution in [0.4, 0.5) is 0 Å². The van der Waals surface area contributed by atoms with Crippen LogP contribution in [0.2, 0.25) is 0 Å². The van der Waals surface area contributed by atoms with E-state index >= 15 is 0 Å². The number of likely N-dealkylation sites (tertiary alicyclic amines) is 1. The fraction of sp³-hybridized carbons (Fsp3) is 0.776. The number of allylic oxidation sites excluding steroid dienone is 7. The summed E-state index contributed by atoms with van der Waals surface area (Å²) in [7, 11) is 3.32. The molecule has 13 nitrogen and oxygen atoms in total. The van der Waals surface area contributed by atoms with E-state index in [1.807, 2.05) is 72.8 Å². The van der Waals surface area contributed by atoms with Crippen LogP contribution in [0.5, 0.6) is 0 Å². The summed E-state index contributed by atoms with van der Waals surface area (Å²) >= 11 is 0. The van der Waals surface area contributed by atoms with Gasteiger partial charge in [-0.1, -0.05) is 76.6 Å². The molecule has 3 rings (SSSR count). The molecule has 3 aliphatic rings. The van der Waals surface area contributed by atoms with Crippen molar-refractivity contribution in [1.29, 1.82) is 0 Å². The lowest BCUT2D eigenvalue weighted by Gasteiger charge is -2.43. The fourth-order valence-electron chi connectivity index (χ4n) is 10.8. The summed E-state index contributed by atoms with van der Waals surface area (Å²) in [4.78, 5) is 67.6. The molecule has 3 fully saturated rings. The Labute approximate surface area is 428 Å².